The highest BCUT2D eigenvalue weighted by Crippen LogP contribution is 2.33. The van der Waals surface area contributed by atoms with Gasteiger partial charge in [-0.15, -0.1) is 0 Å². The first-order valence-electron chi connectivity index (χ1n) is 8.88. The zero-order valence-corrected chi connectivity index (χ0v) is 15.0. The van der Waals surface area contributed by atoms with Crippen LogP contribution in [0.4, 0.5) is 5.69 Å². The molecule has 1 aliphatic heterocycles. The normalized spacial score (nSPS) is 12.6. The summed E-state index contributed by atoms with van der Waals surface area (Å²) in [4.78, 5) is 16.8. The number of carbonyl (C=O) groups excluding carboxylic acids is 1. The molecular formula is C21H20N2O4. The summed E-state index contributed by atoms with van der Waals surface area (Å²) in [5.41, 5.74) is 2.56. The lowest BCUT2D eigenvalue weighted by Crippen LogP contribution is -2.16. The molecule has 0 atom stereocenters. The average molecular weight is 364 g/mol. The molecule has 0 aliphatic carbocycles. The topological polar surface area (TPSA) is 69.7 Å². The van der Waals surface area contributed by atoms with Crippen molar-refractivity contribution in [3.8, 4) is 17.2 Å². The zero-order chi connectivity index (χ0) is 18.6. The van der Waals surface area contributed by atoms with Gasteiger partial charge in [0.05, 0.1) is 24.2 Å². The summed E-state index contributed by atoms with van der Waals surface area (Å²) in [5, 5.41) is 3.86. The van der Waals surface area contributed by atoms with E-state index in [1.807, 2.05) is 49.4 Å². The van der Waals surface area contributed by atoms with Gasteiger partial charge in [0.15, 0.2) is 11.5 Å². The Labute approximate surface area is 157 Å². The minimum atomic E-state index is -0.111. The fourth-order valence-corrected chi connectivity index (χ4v) is 2.95. The Hall–Kier alpha value is -3.28. The van der Waals surface area contributed by atoms with Gasteiger partial charge < -0.3 is 19.5 Å². The van der Waals surface area contributed by atoms with Crippen LogP contribution in [-0.4, -0.2) is 30.7 Å². The number of carbonyl (C=O) groups is 1. The Morgan fingerprint density at radius 3 is 2.85 bits per heavy atom. The van der Waals surface area contributed by atoms with Gasteiger partial charge in [0.1, 0.15) is 19.0 Å². The predicted octanol–water partition coefficient (Wildman–Crippen LogP) is 3.72. The van der Waals surface area contributed by atoms with E-state index in [9.17, 15) is 4.79 Å². The molecule has 3 aromatic rings. The van der Waals surface area contributed by atoms with Crippen molar-refractivity contribution < 1.29 is 19.0 Å². The lowest BCUT2D eigenvalue weighted by atomic mass is 10.1. The Bertz CT molecular complexity index is 987. The minimum absolute atomic E-state index is 0.111. The summed E-state index contributed by atoms with van der Waals surface area (Å²) in [7, 11) is 0. The zero-order valence-electron chi connectivity index (χ0n) is 15.0. The van der Waals surface area contributed by atoms with E-state index < -0.39 is 0 Å². The van der Waals surface area contributed by atoms with Crippen LogP contribution in [0.5, 0.6) is 17.2 Å². The molecule has 2 heterocycles. The second-order valence-corrected chi connectivity index (χ2v) is 6.28. The molecule has 1 aromatic heterocycles. The van der Waals surface area contributed by atoms with Gasteiger partial charge in [0.2, 0.25) is 5.91 Å². The van der Waals surface area contributed by atoms with Crippen molar-refractivity contribution in [2.24, 2.45) is 0 Å². The first kappa shape index (κ1) is 17.1. The molecule has 1 amide bonds. The number of nitrogens with one attached hydrogen (secondary N) is 1. The van der Waals surface area contributed by atoms with Crippen molar-refractivity contribution in [2.75, 3.05) is 25.1 Å². The second kappa shape index (κ2) is 7.53. The van der Waals surface area contributed by atoms with E-state index in [0.717, 1.165) is 22.3 Å². The van der Waals surface area contributed by atoms with Gasteiger partial charge >= 0.3 is 0 Å². The van der Waals surface area contributed by atoms with Gasteiger partial charge in [0, 0.05) is 17.1 Å². The maximum atomic E-state index is 12.3. The number of amides is 1. The summed E-state index contributed by atoms with van der Waals surface area (Å²) in [6.07, 6.45) is 0.240. The highest BCUT2D eigenvalue weighted by Gasteiger charge is 2.12. The van der Waals surface area contributed by atoms with Crippen LogP contribution in [0.25, 0.3) is 10.9 Å². The largest absolute Gasteiger partial charge is 0.493 e. The molecule has 27 heavy (non-hydrogen) atoms. The number of anilines is 1. The van der Waals surface area contributed by atoms with Crippen molar-refractivity contribution in [3.05, 3.63) is 54.2 Å². The van der Waals surface area contributed by atoms with Gasteiger partial charge in [-0.1, -0.05) is 6.07 Å². The number of rotatable bonds is 5. The highest BCUT2D eigenvalue weighted by molar-refractivity contribution is 6.01. The molecular weight excluding hydrogens is 344 g/mol. The first-order chi connectivity index (χ1) is 13.2. The molecule has 4 rings (SSSR count). The van der Waals surface area contributed by atoms with Crippen LogP contribution in [0.1, 0.15) is 12.1 Å². The number of fused-ring (bicyclic) bond motifs is 2. The van der Waals surface area contributed by atoms with E-state index in [0.29, 0.717) is 30.5 Å². The third-order valence-corrected chi connectivity index (χ3v) is 4.26. The van der Waals surface area contributed by atoms with Crippen molar-refractivity contribution in [2.45, 2.75) is 13.3 Å². The Kier molecular flexibility index (Phi) is 4.78. The van der Waals surface area contributed by atoms with E-state index in [4.69, 9.17) is 14.2 Å². The van der Waals surface area contributed by atoms with Gasteiger partial charge in [-0.3, -0.25) is 9.78 Å². The van der Waals surface area contributed by atoms with Crippen molar-refractivity contribution in [3.63, 3.8) is 0 Å². The molecule has 2 aromatic carbocycles. The number of nitrogens with zero attached hydrogens (tertiary/aromatic N) is 1. The number of aromatic nitrogens is 1. The molecule has 0 fully saturated rings. The fourth-order valence-electron chi connectivity index (χ4n) is 2.95. The van der Waals surface area contributed by atoms with E-state index in [2.05, 4.69) is 10.3 Å². The van der Waals surface area contributed by atoms with Crippen LogP contribution in [0, 0.1) is 6.92 Å². The molecule has 138 valence electrons. The molecule has 0 spiro atoms. The van der Waals surface area contributed by atoms with Crippen LogP contribution in [0.15, 0.2) is 48.5 Å². The van der Waals surface area contributed by atoms with Crippen molar-refractivity contribution in [1.29, 1.82) is 0 Å². The van der Waals surface area contributed by atoms with E-state index in [1.165, 1.54) is 0 Å². The molecule has 0 saturated carbocycles. The van der Waals surface area contributed by atoms with E-state index >= 15 is 0 Å². The van der Waals surface area contributed by atoms with Crippen LogP contribution in [0.2, 0.25) is 0 Å². The Balaban J connectivity index is 1.35. The third-order valence-electron chi connectivity index (χ3n) is 4.26. The quantitative estimate of drug-likeness (QED) is 0.747. The number of hydrogen-bond donors (Lipinski definition) is 1. The van der Waals surface area contributed by atoms with E-state index in [1.54, 1.807) is 6.07 Å². The van der Waals surface area contributed by atoms with Crippen molar-refractivity contribution >= 4 is 22.5 Å². The summed E-state index contributed by atoms with van der Waals surface area (Å²) in [5.74, 6) is 1.92. The maximum Gasteiger partial charge on any atom is 0.227 e. The van der Waals surface area contributed by atoms with Gasteiger partial charge in [-0.05, 0) is 43.3 Å². The molecule has 6 heteroatoms. The van der Waals surface area contributed by atoms with Crippen LogP contribution in [-0.2, 0) is 4.79 Å². The molecule has 0 saturated heterocycles. The SMILES string of the molecule is Cc1ccc2c(NC(=O)CCOc3ccc4c(c3)OCCO4)cccc2n1. The standard InChI is InChI=1S/C21H20N2O4/c1-14-5-7-16-17(22-14)3-2-4-18(16)23-21(24)9-10-25-15-6-8-19-20(13-15)27-12-11-26-19/h2-8,13H,9-12H2,1H3,(H,23,24). The monoisotopic (exact) mass is 364 g/mol. The number of benzene rings is 2. The van der Waals surface area contributed by atoms with Gasteiger partial charge in [-0.25, -0.2) is 0 Å². The summed E-state index contributed by atoms with van der Waals surface area (Å²) >= 11 is 0. The first-order valence-corrected chi connectivity index (χ1v) is 8.88. The molecule has 1 aliphatic rings. The number of hydrogen-bond acceptors (Lipinski definition) is 5. The number of aryl methyl sites for hydroxylation is 1. The van der Waals surface area contributed by atoms with Crippen molar-refractivity contribution in [1.82, 2.24) is 4.98 Å². The Morgan fingerprint density at radius 2 is 1.96 bits per heavy atom. The third kappa shape index (κ3) is 3.95. The number of ether oxygens (including phenoxy) is 3. The maximum absolute atomic E-state index is 12.3. The predicted molar refractivity (Wildman–Crippen MR) is 103 cm³/mol. The van der Waals surface area contributed by atoms with E-state index in [-0.39, 0.29) is 18.9 Å². The van der Waals surface area contributed by atoms with Gasteiger partial charge in [0.25, 0.3) is 0 Å². The minimum Gasteiger partial charge on any atom is -0.493 e. The lowest BCUT2D eigenvalue weighted by molar-refractivity contribution is -0.116. The highest BCUT2D eigenvalue weighted by atomic mass is 16.6. The summed E-state index contributed by atoms with van der Waals surface area (Å²) in [6, 6.07) is 15.0. The smallest absolute Gasteiger partial charge is 0.227 e. The second-order valence-electron chi connectivity index (χ2n) is 6.28. The van der Waals surface area contributed by atoms with Crippen LogP contribution >= 0.6 is 0 Å². The summed E-state index contributed by atoms with van der Waals surface area (Å²) < 4.78 is 16.7. The lowest BCUT2D eigenvalue weighted by Gasteiger charge is -2.18. The summed E-state index contributed by atoms with van der Waals surface area (Å²) in [6.45, 7) is 3.29. The molecule has 0 radical (unpaired) electrons. The molecule has 0 unspecified atom stereocenters. The van der Waals surface area contributed by atoms with Gasteiger partial charge in [-0.2, -0.15) is 0 Å². The fraction of sp³-hybridized carbons (Fsp3) is 0.238. The van der Waals surface area contributed by atoms with Crippen LogP contribution in [0.3, 0.4) is 0 Å². The Morgan fingerprint density at radius 1 is 1.11 bits per heavy atom. The number of pyridine rings is 1. The molecule has 1 N–H and O–H groups in total. The average Bonchev–Trinajstić information content (AvgIpc) is 2.68. The van der Waals surface area contributed by atoms with Crippen LogP contribution < -0.4 is 19.5 Å². The molecule has 0 bridgehead atoms. The molecule has 6 nitrogen and oxygen atoms in total.